The zero-order valence-corrected chi connectivity index (χ0v) is 8.97. The highest BCUT2D eigenvalue weighted by atomic mass is 16.1. The Kier molecular flexibility index (Phi) is 2.54. The van der Waals surface area contributed by atoms with Gasteiger partial charge in [-0.25, -0.2) is 4.98 Å². The Morgan fingerprint density at radius 2 is 2.33 bits per heavy atom. The Labute approximate surface area is 88.8 Å². The molecule has 2 aromatic rings. The fraction of sp³-hybridized carbons (Fsp3) is 0.333. The summed E-state index contributed by atoms with van der Waals surface area (Å²) in [6, 6.07) is 3.93. The fourth-order valence-corrected chi connectivity index (χ4v) is 1.79. The predicted octanol–water partition coefficient (Wildman–Crippen LogP) is 2.20. The van der Waals surface area contributed by atoms with Gasteiger partial charge < -0.3 is 9.20 Å². The molecule has 0 aromatic carbocycles. The monoisotopic (exact) mass is 202 g/mol. The molecule has 2 rings (SSSR count). The number of carbonyl (C=O) groups excluding carboxylic acids is 1. The molecule has 2 heterocycles. The number of fused-ring (bicyclic) bond motifs is 1. The molecule has 2 aromatic heterocycles. The van der Waals surface area contributed by atoms with E-state index in [1.54, 1.807) is 0 Å². The molecule has 0 unspecified atom stereocenters. The van der Waals surface area contributed by atoms with Crippen LogP contribution in [-0.4, -0.2) is 15.7 Å². The first-order valence-corrected chi connectivity index (χ1v) is 5.12. The minimum absolute atomic E-state index is 0.388. The van der Waals surface area contributed by atoms with Crippen molar-refractivity contribution < 1.29 is 4.79 Å². The molecule has 0 saturated carbocycles. The summed E-state index contributed by atoms with van der Waals surface area (Å²) in [4.78, 5) is 14.9. The SMILES string of the molecule is CC(C)c1ncc2c(CC=O)cccn12. The third kappa shape index (κ3) is 1.65. The summed E-state index contributed by atoms with van der Waals surface area (Å²) in [6.45, 7) is 4.22. The summed E-state index contributed by atoms with van der Waals surface area (Å²) >= 11 is 0. The summed E-state index contributed by atoms with van der Waals surface area (Å²) in [5, 5.41) is 0. The van der Waals surface area contributed by atoms with Crippen LogP contribution in [0, 0.1) is 0 Å². The number of hydrogen-bond acceptors (Lipinski definition) is 2. The van der Waals surface area contributed by atoms with Crippen LogP contribution >= 0.6 is 0 Å². The van der Waals surface area contributed by atoms with Crippen molar-refractivity contribution in [1.82, 2.24) is 9.38 Å². The van der Waals surface area contributed by atoms with Crippen LogP contribution in [-0.2, 0) is 11.2 Å². The van der Waals surface area contributed by atoms with Crippen molar-refractivity contribution in [1.29, 1.82) is 0 Å². The molecule has 15 heavy (non-hydrogen) atoms. The van der Waals surface area contributed by atoms with Gasteiger partial charge in [0.2, 0.25) is 0 Å². The molecular formula is C12H14N2O. The number of carbonyl (C=O) groups is 1. The number of rotatable bonds is 3. The van der Waals surface area contributed by atoms with E-state index in [2.05, 4.69) is 23.2 Å². The summed E-state index contributed by atoms with van der Waals surface area (Å²) in [5.74, 6) is 1.43. The summed E-state index contributed by atoms with van der Waals surface area (Å²) in [6.07, 6.45) is 5.21. The van der Waals surface area contributed by atoms with E-state index in [1.165, 1.54) is 0 Å². The van der Waals surface area contributed by atoms with Gasteiger partial charge in [0.15, 0.2) is 0 Å². The smallest absolute Gasteiger partial charge is 0.124 e. The highest BCUT2D eigenvalue weighted by molar-refractivity contribution is 5.64. The second-order valence-electron chi connectivity index (χ2n) is 3.93. The lowest BCUT2D eigenvalue weighted by Gasteiger charge is -2.05. The van der Waals surface area contributed by atoms with E-state index in [-0.39, 0.29) is 0 Å². The fourth-order valence-electron chi connectivity index (χ4n) is 1.79. The van der Waals surface area contributed by atoms with E-state index in [0.717, 1.165) is 23.2 Å². The van der Waals surface area contributed by atoms with Crippen LogP contribution in [0.4, 0.5) is 0 Å². The van der Waals surface area contributed by atoms with Gasteiger partial charge in [-0.2, -0.15) is 0 Å². The molecule has 0 spiro atoms. The zero-order chi connectivity index (χ0) is 10.8. The van der Waals surface area contributed by atoms with Gasteiger partial charge in [-0.05, 0) is 11.6 Å². The molecule has 0 aliphatic rings. The molecule has 0 fully saturated rings. The van der Waals surface area contributed by atoms with Gasteiger partial charge in [0.25, 0.3) is 0 Å². The largest absolute Gasteiger partial charge is 0.303 e. The van der Waals surface area contributed by atoms with Gasteiger partial charge >= 0.3 is 0 Å². The third-order valence-corrected chi connectivity index (χ3v) is 2.51. The Morgan fingerprint density at radius 3 is 3.00 bits per heavy atom. The molecule has 0 aliphatic heterocycles. The average molecular weight is 202 g/mol. The minimum atomic E-state index is 0.388. The van der Waals surface area contributed by atoms with Crippen LogP contribution in [0.25, 0.3) is 5.52 Å². The molecule has 0 amide bonds. The van der Waals surface area contributed by atoms with Crippen molar-refractivity contribution in [2.75, 3.05) is 0 Å². The molecule has 0 atom stereocenters. The Balaban J connectivity index is 2.63. The third-order valence-electron chi connectivity index (χ3n) is 2.51. The number of imidazole rings is 1. The summed E-state index contributed by atoms with van der Waals surface area (Å²) in [5.41, 5.74) is 2.07. The molecule has 0 aliphatic carbocycles. The molecule has 0 radical (unpaired) electrons. The molecule has 0 saturated heterocycles. The zero-order valence-electron chi connectivity index (χ0n) is 8.97. The van der Waals surface area contributed by atoms with Gasteiger partial charge in [-0.15, -0.1) is 0 Å². The number of pyridine rings is 1. The van der Waals surface area contributed by atoms with Crippen LogP contribution in [0.2, 0.25) is 0 Å². The van der Waals surface area contributed by atoms with Crippen molar-refractivity contribution in [3.05, 3.63) is 35.9 Å². The summed E-state index contributed by atoms with van der Waals surface area (Å²) < 4.78 is 2.06. The van der Waals surface area contributed by atoms with Gasteiger partial charge in [-0.3, -0.25) is 0 Å². The normalized spacial score (nSPS) is 11.1. The predicted molar refractivity (Wildman–Crippen MR) is 59.0 cm³/mol. The maximum atomic E-state index is 10.5. The lowest BCUT2D eigenvalue weighted by Crippen LogP contribution is -1.98. The Morgan fingerprint density at radius 1 is 1.53 bits per heavy atom. The number of nitrogens with zero attached hydrogens (tertiary/aromatic N) is 2. The maximum absolute atomic E-state index is 10.5. The van der Waals surface area contributed by atoms with E-state index in [9.17, 15) is 4.79 Å². The Bertz CT molecular complexity index is 485. The highest BCUT2D eigenvalue weighted by Crippen LogP contribution is 2.18. The summed E-state index contributed by atoms with van der Waals surface area (Å²) in [7, 11) is 0. The maximum Gasteiger partial charge on any atom is 0.124 e. The van der Waals surface area contributed by atoms with Gasteiger partial charge in [-0.1, -0.05) is 19.9 Å². The van der Waals surface area contributed by atoms with Crippen LogP contribution in [0.15, 0.2) is 24.5 Å². The van der Waals surface area contributed by atoms with E-state index >= 15 is 0 Å². The van der Waals surface area contributed by atoms with Crippen LogP contribution in [0.3, 0.4) is 0 Å². The molecule has 78 valence electrons. The molecule has 0 N–H and O–H groups in total. The average Bonchev–Trinajstić information content (AvgIpc) is 2.62. The number of aromatic nitrogens is 2. The molecule has 3 nitrogen and oxygen atoms in total. The first-order chi connectivity index (χ1) is 7.24. The molecular weight excluding hydrogens is 188 g/mol. The van der Waals surface area contributed by atoms with E-state index in [1.807, 2.05) is 24.5 Å². The second-order valence-corrected chi connectivity index (χ2v) is 3.93. The Hall–Kier alpha value is -1.64. The van der Waals surface area contributed by atoms with E-state index in [0.29, 0.717) is 12.3 Å². The molecule has 0 bridgehead atoms. The van der Waals surface area contributed by atoms with Gasteiger partial charge in [0.1, 0.15) is 12.1 Å². The van der Waals surface area contributed by atoms with Crippen molar-refractivity contribution in [3.63, 3.8) is 0 Å². The van der Waals surface area contributed by atoms with Crippen molar-refractivity contribution in [2.24, 2.45) is 0 Å². The molecule has 3 heteroatoms. The minimum Gasteiger partial charge on any atom is -0.303 e. The number of hydrogen-bond donors (Lipinski definition) is 0. The topological polar surface area (TPSA) is 34.4 Å². The quantitative estimate of drug-likeness (QED) is 0.715. The van der Waals surface area contributed by atoms with E-state index in [4.69, 9.17) is 0 Å². The first kappa shape index (κ1) is 9.90. The van der Waals surface area contributed by atoms with Crippen LogP contribution < -0.4 is 0 Å². The van der Waals surface area contributed by atoms with E-state index < -0.39 is 0 Å². The first-order valence-electron chi connectivity index (χ1n) is 5.12. The van der Waals surface area contributed by atoms with Crippen molar-refractivity contribution in [2.45, 2.75) is 26.2 Å². The lowest BCUT2D eigenvalue weighted by atomic mass is 10.2. The van der Waals surface area contributed by atoms with Gasteiger partial charge in [0.05, 0.1) is 11.7 Å². The highest BCUT2D eigenvalue weighted by Gasteiger charge is 2.09. The van der Waals surface area contributed by atoms with Crippen molar-refractivity contribution in [3.8, 4) is 0 Å². The van der Waals surface area contributed by atoms with Crippen LogP contribution in [0.5, 0.6) is 0 Å². The van der Waals surface area contributed by atoms with Gasteiger partial charge in [0, 0.05) is 18.5 Å². The van der Waals surface area contributed by atoms with Crippen LogP contribution in [0.1, 0.15) is 31.2 Å². The number of aldehydes is 1. The van der Waals surface area contributed by atoms with Crippen molar-refractivity contribution >= 4 is 11.8 Å². The lowest BCUT2D eigenvalue weighted by molar-refractivity contribution is -0.107. The standard InChI is InChI=1S/C12H14N2O/c1-9(2)12-13-8-11-10(5-7-15)4-3-6-14(11)12/h3-4,6-9H,5H2,1-2H3. The second kappa shape index (κ2) is 3.85.